The molecule has 0 aliphatic carbocycles. The summed E-state index contributed by atoms with van der Waals surface area (Å²) >= 11 is 1.64. The fraction of sp³-hybridized carbons (Fsp3) is 0.517. The molecule has 2 aromatic carbocycles. The van der Waals surface area contributed by atoms with Crippen LogP contribution in [0.5, 0.6) is 0 Å². The van der Waals surface area contributed by atoms with Crippen molar-refractivity contribution in [1.82, 2.24) is 0 Å². The lowest BCUT2D eigenvalue weighted by atomic mass is 10.1. The number of hydrogen-bond acceptors (Lipinski definition) is 3. The van der Waals surface area contributed by atoms with Gasteiger partial charge in [0.1, 0.15) is 5.37 Å². The number of rotatable bonds is 13. The SMILES string of the molecule is CCCCCCCCCCCC(=O)Nc1cccc(C2SCC(=O)N2c2ccc(C)c(C)c2)c1. The predicted octanol–water partition coefficient (Wildman–Crippen LogP) is 7.94. The van der Waals surface area contributed by atoms with Crippen molar-refractivity contribution >= 4 is 35.0 Å². The van der Waals surface area contributed by atoms with Crippen LogP contribution >= 0.6 is 11.8 Å². The molecule has 5 heteroatoms. The molecular weight excluding hydrogens is 440 g/mol. The summed E-state index contributed by atoms with van der Waals surface area (Å²) in [6, 6.07) is 14.1. The molecule has 0 radical (unpaired) electrons. The molecule has 0 saturated carbocycles. The minimum absolute atomic E-state index is 0.0706. The number of anilines is 2. The Hall–Kier alpha value is -2.27. The predicted molar refractivity (Wildman–Crippen MR) is 146 cm³/mol. The zero-order valence-corrected chi connectivity index (χ0v) is 21.9. The Labute approximate surface area is 209 Å². The van der Waals surface area contributed by atoms with Crippen LogP contribution < -0.4 is 10.2 Å². The number of amides is 2. The molecule has 4 nitrogen and oxygen atoms in total. The van der Waals surface area contributed by atoms with Crippen molar-refractivity contribution in [2.45, 2.75) is 90.4 Å². The molecule has 184 valence electrons. The molecule has 1 unspecified atom stereocenters. The second-order valence-corrected chi connectivity index (χ2v) is 10.5. The first-order valence-electron chi connectivity index (χ1n) is 12.9. The topological polar surface area (TPSA) is 49.4 Å². The molecular formula is C29H40N2O2S. The highest BCUT2D eigenvalue weighted by Crippen LogP contribution is 2.42. The van der Waals surface area contributed by atoms with Crippen LogP contribution in [0.15, 0.2) is 42.5 Å². The van der Waals surface area contributed by atoms with Gasteiger partial charge < -0.3 is 5.32 Å². The first kappa shape index (κ1) is 26.3. The molecule has 1 fully saturated rings. The fourth-order valence-electron chi connectivity index (χ4n) is 4.41. The van der Waals surface area contributed by atoms with Gasteiger partial charge in [-0.25, -0.2) is 0 Å². The van der Waals surface area contributed by atoms with Crippen molar-refractivity contribution < 1.29 is 9.59 Å². The maximum absolute atomic E-state index is 12.7. The Morgan fingerprint density at radius 1 is 0.941 bits per heavy atom. The van der Waals surface area contributed by atoms with Crippen molar-refractivity contribution in [1.29, 1.82) is 0 Å². The van der Waals surface area contributed by atoms with Crippen LogP contribution in [0.2, 0.25) is 0 Å². The van der Waals surface area contributed by atoms with E-state index in [4.69, 9.17) is 0 Å². The Morgan fingerprint density at radius 2 is 1.65 bits per heavy atom. The Bertz CT molecular complexity index is 959. The molecule has 0 spiro atoms. The van der Waals surface area contributed by atoms with Crippen LogP contribution in [-0.4, -0.2) is 17.6 Å². The van der Waals surface area contributed by atoms with Gasteiger partial charge in [0.25, 0.3) is 0 Å². The lowest BCUT2D eigenvalue weighted by Gasteiger charge is -2.25. The minimum Gasteiger partial charge on any atom is -0.326 e. The molecule has 2 amide bonds. The summed E-state index contributed by atoms with van der Waals surface area (Å²) in [6.45, 7) is 6.40. The van der Waals surface area contributed by atoms with Gasteiger partial charge in [-0.05, 0) is 61.2 Å². The second-order valence-electron chi connectivity index (χ2n) is 9.45. The van der Waals surface area contributed by atoms with Crippen molar-refractivity contribution in [3.8, 4) is 0 Å². The van der Waals surface area contributed by atoms with Crippen LogP contribution in [-0.2, 0) is 9.59 Å². The van der Waals surface area contributed by atoms with E-state index in [9.17, 15) is 9.59 Å². The number of nitrogens with one attached hydrogen (secondary N) is 1. The van der Waals surface area contributed by atoms with Crippen LogP contribution in [0.1, 0.15) is 93.2 Å². The second kappa shape index (κ2) is 13.6. The van der Waals surface area contributed by atoms with E-state index >= 15 is 0 Å². The fourth-order valence-corrected chi connectivity index (χ4v) is 5.58. The lowest BCUT2D eigenvalue weighted by molar-refractivity contribution is -0.117. The maximum atomic E-state index is 12.7. The average Bonchev–Trinajstić information content (AvgIpc) is 3.21. The summed E-state index contributed by atoms with van der Waals surface area (Å²) in [7, 11) is 0. The third-order valence-electron chi connectivity index (χ3n) is 6.60. The molecule has 1 atom stereocenters. The molecule has 2 aromatic rings. The minimum atomic E-state index is -0.0798. The molecule has 1 N–H and O–H groups in total. The Balaban J connectivity index is 1.50. The van der Waals surface area contributed by atoms with Crippen LogP contribution in [0.25, 0.3) is 0 Å². The van der Waals surface area contributed by atoms with E-state index in [1.54, 1.807) is 11.8 Å². The average molecular weight is 481 g/mol. The highest BCUT2D eigenvalue weighted by atomic mass is 32.2. The number of nitrogens with zero attached hydrogens (tertiary/aromatic N) is 1. The first-order chi connectivity index (χ1) is 16.5. The number of benzene rings is 2. The number of hydrogen-bond donors (Lipinski definition) is 1. The van der Waals surface area contributed by atoms with Gasteiger partial charge in [-0.3, -0.25) is 14.5 Å². The van der Waals surface area contributed by atoms with Crippen molar-refractivity contribution in [3.05, 3.63) is 59.2 Å². The van der Waals surface area contributed by atoms with Crippen LogP contribution in [0, 0.1) is 13.8 Å². The number of aryl methyl sites for hydroxylation is 2. The molecule has 1 heterocycles. The van der Waals surface area contributed by atoms with Gasteiger partial charge in [0.15, 0.2) is 0 Å². The zero-order chi connectivity index (χ0) is 24.3. The third kappa shape index (κ3) is 7.63. The quantitative estimate of drug-likeness (QED) is 0.296. The summed E-state index contributed by atoms with van der Waals surface area (Å²) in [5.74, 6) is 0.659. The smallest absolute Gasteiger partial charge is 0.238 e. The molecule has 0 bridgehead atoms. The van der Waals surface area contributed by atoms with Crippen molar-refractivity contribution in [3.63, 3.8) is 0 Å². The van der Waals surface area contributed by atoms with Gasteiger partial charge >= 0.3 is 0 Å². The molecule has 3 rings (SSSR count). The van der Waals surface area contributed by atoms with Gasteiger partial charge in [0, 0.05) is 17.8 Å². The molecule has 0 aromatic heterocycles. The lowest BCUT2D eigenvalue weighted by Crippen LogP contribution is -2.28. The highest BCUT2D eigenvalue weighted by Gasteiger charge is 2.34. The molecule has 1 saturated heterocycles. The van der Waals surface area contributed by atoms with E-state index in [1.807, 2.05) is 35.2 Å². The largest absolute Gasteiger partial charge is 0.326 e. The van der Waals surface area contributed by atoms with E-state index in [-0.39, 0.29) is 17.2 Å². The van der Waals surface area contributed by atoms with Crippen molar-refractivity contribution in [2.24, 2.45) is 0 Å². The normalized spacial score (nSPS) is 15.7. The van der Waals surface area contributed by atoms with E-state index in [1.165, 1.54) is 56.1 Å². The van der Waals surface area contributed by atoms with Gasteiger partial charge in [-0.15, -0.1) is 11.8 Å². The van der Waals surface area contributed by atoms with E-state index in [0.29, 0.717) is 12.2 Å². The van der Waals surface area contributed by atoms with Gasteiger partial charge in [0.05, 0.1) is 5.75 Å². The number of carbonyl (C=O) groups is 2. The van der Waals surface area contributed by atoms with Gasteiger partial charge in [-0.1, -0.05) is 76.5 Å². The Morgan fingerprint density at radius 3 is 2.35 bits per heavy atom. The zero-order valence-electron chi connectivity index (χ0n) is 21.1. The third-order valence-corrected chi connectivity index (χ3v) is 7.81. The molecule has 1 aliphatic rings. The van der Waals surface area contributed by atoms with Gasteiger partial charge in [-0.2, -0.15) is 0 Å². The van der Waals surface area contributed by atoms with Gasteiger partial charge in [0.2, 0.25) is 11.8 Å². The standard InChI is InChI=1S/C29H40N2O2S/c1-4-5-6-7-8-9-10-11-12-16-27(32)30-25-15-13-14-24(20-25)29-31(28(33)21-34-29)26-18-17-22(2)23(3)19-26/h13-15,17-20,29H,4-12,16,21H2,1-3H3,(H,30,32). The Kier molecular flexibility index (Phi) is 10.5. The summed E-state index contributed by atoms with van der Waals surface area (Å²) in [4.78, 5) is 27.1. The summed E-state index contributed by atoms with van der Waals surface area (Å²) in [6.07, 6.45) is 11.8. The van der Waals surface area contributed by atoms with E-state index in [2.05, 4.69) is 38.2 Å². The number of carbonyl (C=O) groups excluding carboxylic acids is 2. The molecule has 34 heavy (non-hydrogen) atoms. The summed E-state index contributed by atoms with van der Waals surface area (Å²) < 4.78 is 0. The number of thioether (sulfide) groups is 1. The van der Waals surface area contributed by atoms with Crippen molar-refractivity contribution in [2.75, 3.05) is 16.0 Å². The summed E-state index contributed by atoms with van der Waals surface area (Å²) in [5.41, 5.74) is 5.17. The van der Waals surface area contributed by atoms with Crippen LogP contribution in [0.4, 0.5) is 11.4 Å². The highest BCUT2D eigenvalue weighted by molar-refractivity contribution is 8.00. The monoisotopic (exact) mass is 480 g/mol. The first-order valence-corrected chi connectivity index (χ1v) is 13.9. The van der Waals surface area contributed by atoms with E-state index < -0.39 is 0 Å². The maximum Gasteiger partial charge on any atom is 0.238 e. The molecule has 1 aliphatic heterocycles. The summed E-state index contributed by atoms with van der Waals surface area (Å²) in [5, 5.41) is 2.98. The van der Waals surface area contributed by atoms with Crippen LogP contribution in [0.3, 0.4) is 0 Å². The number of unbranched alkanes of at least 4 members (excludes halogenated alkanes) is 8. The van der Waals surface area contributed by atoms with E-state index in [0.717, 1.165) is 29.8 Å².